The molecule has 0 radical (unpaired) electrons. The predicted octanol–water partition coefficient (Wildman–Crippen LogP) is 2.03. The van der Waals surface area contributed by atoms with E-state index in [0.29, 0.717) is 5.69 Å². The van der Waals surface area contributed by atoms with Gasteiger partial charge in [0.15, 0.2) is 5.96 Å². The lowest BCUT2D eigenvalue weighted by Gasteiger charge is -2.21. The van der Waals surface area contributed by atoms with Gasteiger partial charge in [-0.1, -0.05) is 13.3 Å². The van der Waals surface area contributed by atoms with Gasteiger partial charge in [-0.25, -0.2) is 4.99 Å². The lowest BCUT2D eigenvalue weighted by atomic mass is 10.3. The third kappa shape index (κ3) is 6.47. The molecule has 6 heteroatoms. The summed E-state index contributed by atoms with van der Waals surface area (Å²) in [5.74, 6) is 0.713. The van der Waals surface area contributed by atoms with Crippen LogP contribution in [0.15, 0.2) is 29.3 Å². The van der Waals surface area contributed by atoms with Crippen LogP contribution >= 0.6 is 0 Å². The van der Waals surface area contributed by atoms with Crippen molar-refractivity contribution in [1.82, 2.24) is 10.2 Å². The summed E-state index contributed by atoms with van der Waals surface area (Å²) in [6.45, 7) is 5.86. The molecular formula is C16H26N4O2. The molecule has 0 aliphatic rings. The molecule has 0 unspecified atom stereocenters. The standard InChI is InChI=1S/C16H26N4O2/c1-4-6-11-20(3)16(17-5-2)18-12-15(22)19-13-7-9-14(21)10-8-13/h7-10,21H,4-6,11-12H2,1-3H3,(H,17,18)(H,19,22). The van der Waals surface area contributed by atoms with Gasteiger partial charge < -0.3 is 20.6 Å². The van der Waals surface area contributed by atoms with Crippen LogP contribution in [0, 0.1) is 0 Å². The highest BCUT2D eigenvalue weighted by Crippen LogP contribution is 2.13. The Hall–Kier alpha value is -2.24. The molecule has 1 rings (SSSR count). The maximum atomic E-state index is 11.9. The highest BCUT2D eigenvalue weighted by atomic mass is 16.3. The second kappa shape index (κ2) is 9.65. The minimum Gasteiger partial charge on any atom is -0.508 e. The normalized spacial score (nSPS) is 11.1. The van der Waals surface area contributed by atoms with Crippen LogP contribution in [0.5, 0.6) is 5.75 Å². The van der Waals surface area contributed by atoms with Crippen LogP contribution in [-0.2, 0) is 4.79 Å². The number of amides is 1. The Morgan fingerprint density at radius 3 is 2.55 bits per heavy atom. The van der Waals surface area contributed by atoms with Gasteiger partial charge in [0.2, 0.25) is 5.91 Å². The molecule has 3 N–H and O–H groups in total. The second-order valence-electron chi connectivity index (χ2n) is 5.04. The van der Waals surface area contributed by atoms with Crippen molar-refractivity contribution < 1.29 is 9.90 Å². The van der Waals surface area contributed by atoms with Crippen molar-refractivity contribution in [1.29, 1.82) is 0 Å². The number of anilines is 1. The Labute approximate surface area is 132 Å². The molecule has 0 saturated heterocycles. The number of rotatable bonds is 7. The van der Waals surface area contributed by atoms with E-state index in [1.165, 1.54) is 12.1 Å². The first-order chi connectivity index (χ1) is 10.6. The van der Waals surface area contributed by atoms with Gasteiger partial charge in [-0.2, -0.15) is 0 Å². The summed E-state index contributed by atoms with van der Waals surface area (Å²) in [7, 11) is 1.97. The van der Waals surface area contributed by atoms with Crippen molar-refractivity contribution in [2.75, 3.05) is 32.0 Å². The Bertz CT molecular complexity index is 485. The van der Waals surface area contributed by atoms with Crippen molar-refractivity contribution in [3.05, 3.63) is 24.3 Å². The number of phenols is 1. The third-order valence-corrected chi connectivity index (χ3v) is 3.07. The number of aliphatic imine (C=N–C) groups is 1. The zero-order chi connectivity index (χ0) is 16.4. The van der Waals surface area contributed by atoms with Crippen molar-refractivity contribution in [3.63, 3.8) is 0 Å². The van der Waals surface area contributed by atoms with Crippen molar-refractivity contribution in [2.45, 2.75) is 26.7 Å². The van der Waals surface area contributed by atoms with Gasteiger partial charge in [-0.15, -0.1) is 0 Å². The van der Waals surface area contributed by atoms with Gasteiger partial charge in [0.1, 0.15) is 12.3 Å². The summed E-state index contributed by atoms with van der Waals surface area (Å²) < 4.78 is 0. The maximum absolute atomic E-state index is 11.9. The number of guanidine groups is 1. The molecule has 22 heavy (non-hydrogen) atoms. The molecule has 1 amide bonds. The van der Waals surface area contributed by atoms with E-state index in [2.05, 4.69) is 22.5 Å². The van der Waals surface area contributed by atoms with E-state index in [9.17, 15) is 9.90 Å². The minimum atomic E-state index is -0.190. The number of carbonyl (C=O) groups excluding carboxylic acids is 1. The number of unbranched alkanes of at least 4 members (excludes halogenated alkanes) is 1. The molecule has 0 saturated carbocycles. The smallest absolute Gasteiger partial charge is 0.246 e. The molecule has 1 aromatic carbocycles. The second-order valence-corrected chi connectivity index (χ2v) is 5.04. The van der Waals surface area contributed by atoms with Crippen LogP contribution in [0.1, 0.15) is 26.7 Å². The molecule has 0 bridgehead atoms. The molecule has 1 aromatic rings. The summed E-state index contributed by atoms with van der Waals surface area (Å²) in [5.41, 5.74) is 0.641. The SMILES string of the molecule is CCCCN(C)C(=NCC(=O)Nc1ccc(O)cc1)NCC. The van der Waals surface area contributed by atoms with E-state index in [1.807, 2.05) is 18.9 Å². The molecular weight excluding hydrogens is 280 g/mol. The molecule has 0 aliphatic heterocycles. The van der Waals surface area contributed by atoms with Crippen LogP contribution in [0.2, 0.25) is 0 Å². The number of phenolic OH excluding ortho intramolecular Hbond substituents is 1. The van der Waals surface area contributed by atoms with Gasteiger partial charge in [-0.05, 0) is 37.6 Å². The highest BCUT2D eigenvalue weighted by Gasteiger charge is 2.07. The fourth-order valence-corrected chi connectivity index (χ4v) is 1.86. The summed E-state index contributed by atoms with van der Waals surface area (Å²) in [6, 6.07) is 6.36. The zero-order valence-electron chi connectivity index (χ0n) is 13.6. The fourth-order valence-electron chi connectivity index (χ4n) is 1.86. The molecule has 0 atom stereocenters. The van der Waals surface area contributed by atoms with E-state index < -0.39 is 0 Å². The van der Waals surface area contributed by atoms with Crippen LogP contribution in [0.3, 0.4) is 0 Å². The summed E-state index contributed by atoms with van der Waals surface area (Å²) in [6.07, 6.45) is 2.20. The Balaban J connectivity index is 2.56. The average molecular weight is 306 g/mol. The molecule has 0 aliphatic carbocycles. The first kappa shape index (κ1) is 17.8. The van der Waals surface area contributed by atoms with Crippen LogP contribution in [0.4, 0.5) is 5.69 Å². The highest BCUT2D eigenvalue weighted by molar-refractivity contribution is 5.94. The van der Waals surface area contributed by atoms with Gasteiger partial charge >= 0.3 is 0 Å². The van der Waals surface area contributed by atoms with Gasteiger partial charge in [0.05, 0.1) is 0 Å². The predicted molar refractivity (Wildman–Crippen MR) is 90.3 cm³/mol. The lowest BCUT2D eigenvalue weighted by Crippen LogP contribution is -2.40. The largest absolute Gasteiger partial charge is 0.508 e. The maximum Gasteiger partial charge on any atom is 0.246 e. The number of nitrogens with one attached hydrogen (secondary N) is 2. The van der Waals surface area contributed by atoms with Crippen LogP contribution < -0.4 is 10.6 Å². The van der Waals surface area contributed by atoms with Gasteiger partial charge in [0.25, 0.3) is 0 Å². The average Bonchev–Trinajstić information content (AvgIpc) is 2.51. The molecule has 122 valence electrons. The Morgan fingerprint density at radius 2 is 1.95 bits per heavy atom. The monoisotopic (exact) mass is 306 g/mol. The van der Waals surface area contributed by atoms with Crippen LogP contribution in [0.25, 0.3) is 0 Å². The van der Waals surface area contributed by atoms with E-state index >= 15 is 0 Å². The van der Waals surface area contributed by atoms with Crippen molar-refractivity contribution in [3.8, 4) is 5.75 Å². The van der Waals surface area contributed by atoms with Gasteiger partial charge in [0, 0.05) is 25.8 Å². The topological polar surface area (TPSA) is 77.0 Å². The third-order valence-electron chi connectivity index (χ3n) is 3.07. The molecule has 0 aromatic heterocycles. The molecule has 0 heterocycles. The number of aromatic hydroxyl groups is 1. The first-order valence-corrected chi connectivity index (χ1v) is 7.65. The Kier molecular flexibility index (Phi) is 7.81. The van der Waals surface area contributed by atoms with Crippen molar-refractivity contribution in [2.24, 2.45) is 4.99 Å². The minimum absolute atomic E-state index is 0.0552. The van der Waals surface area contributed by atoms with E-state index in [0.717, 1.165) is 31.9 Å². The molecule has 0 fully saturated rings. The number of nitrogens with zero attached hydrogens (tertiary/aromatic N) is 2. The van der Waals surface area contributed by atoms with E-state index in [4.69, 9.17) is 0 Å². The molecule has 6 nitrogen and oxygen atoms in total. The lowest BCUT2D eigenvalue weighted by molar-refractivity contribution is -0.114. The number of carbonyl (C=O) groups is 1. The quantitative estimate of drug-likeness (QED) is 0.409. The summed E-state index contributed by atoms with van der Waals surface area (Å²) in [4.78, 5) is 18.3. The van der Waals surface area contributed by atoms with E-state index in [1.54, 1.807) is 12.1 Å². The Morgan fingerprint density at radius 1 is 1.27 bits per heavy atom. The fraction of sp³-hybridized carbons (Fsp3) is 0.500. The number of hydrogen-bond donors (Lipinski definition) is 3. The number of benzene rings is 1. The summed E-state index contributed by atoms with van der Waals surface area (Å²) in [5, 5.41) is 15.1. The molecule has 0 spiro atoms. The van der Waals surface area contributed by atoms with Crippen molar-refractivity contribution >= 4 is 17.6 Å². The summed E-state index contributed by atoms with van der Waals surface area (Å²) >= 11 is 0. The first-order valence-electron chi connectivity index (χ1n) is 7.65. The van der Waals surface area contributed by atoms with Gasteiger partial charge in [-0.3, -0.25) is 4.79 Å². The number of hydrogen-bond acceptors (Lipinski definition) is 3. The van der Waals surface area contributed by atoms with E-state index in [-0.39, 0.29) is 18.2 Å². The van der Waals surface area contributed by atoms with Crippen LogP contribution in [-0.4, -0.2) is 48.6 Å². The zero-order valence-corrected chi connectivity index (χ0v) is 13.6.